The standard InChI is InChI=1S/C22H26F2N4O2S2/c1-4-5-6-9-15(2)20-10-7-8-11-28(20)16(3)17-12-19(24)21(13-18(17)23)32(29,30)27-22-25-14-26-31-22/h4-6,9,12-14,16,20H,2,7-8,10-11H2,1,3H3,(H,25,26,27)/b5-4-,9-6-/t16-,20+/m0/s1. The van der Waals surface area contributed by atoms with Gasteiger partial charge in [-0.3, -0.25) is 9.62 Å². The Balaban J connectivity index is 1.88. The number of likely N-dealkylation sites (tertiary alicyclic amines) is 1. The second-order valence-corrected chi connectivity index (χ2v) is 9.97. The van der Waals surface area contributed by atoms with E-state index in [-0.39, 0.29) is 16.7 Å². The number of allylic oxidation sites excluding steroid dienone is 3. The molecule has 0 saturated carbocycles. The molecule has 1 aromatic carbocycles. The summed E-state index contributed by atoms with van der Waals surface area (Å²) >= 11 is 0.799. The van der Waals surface area contributed by atoms with Gasteiger partial charge >= 0.3 is 0 Å². The lowest BCUT2D eigenvalue weighted by molar-refractivity contribution is 0.124. The molecule has 172 valence electrons. The lowest BCUT2D eigenvalue weighted by atomic mass is 9.92. The highest BCUT2D eigenvalue weighted by atomic mass is 32.2. The molecular formula is C22H26F2N4O2S2. The number of nitrogens with zero attached hydrogens (tertiary/aromatic N) is 3. The van der Waals surface area contributed by atoms with Gasteiger partial charge in [0.2, 0.25) is 5.13 Å². The number of sulfonamides is 1. The summed E-state index contributed by atoms with van der Waals surface area (Å²) in [6.07, 6.45) is 11.7. The van der Waals surface area contributed by atoms with E-state index in [4.69, 9.17) is 0 Å². The predicted molar refractivity (Wildman–Crippen MR) is 123 cm³/mol. The molecule has 1 saturated heterocycles. The molecule has 2 heterocycles. The Hall–Kier alpha value is -2.43. The van der Waals surface area contributed by atoms with E-state index in [1.165, 1.54) is 6.33 Å². The van der Waals surface area contributed by atoms with Crippen LogP contribution in [0, 0.1) is 11.6 Å². The quantitative estimate of drug-likeness (QED) is 0.524. The molecule has 0 unspecified atom stereocenters. The molecule has 1 N–H and O–H groups in total. The second-order valence-electron chi connectivity index (χ2n) is 7.54. The van der Waals surface area contributed by atoms with E-state index in [9.17, 15) is 12.8 Å². The molecular weight excluding hydrogens is 454 g/mol. The molecule has 3 rings (SSSR count). The zero-order valence-corrected chi connectivity index (χ0v) is 19.6. The van der Waals surface area contributed by atoms with Gasteiger partial charge in [0.1, 0.15) is 22.9 Å². The Morgan fingerprint density at radius 1 is 1.31 bits per heavy atom. The fraction of sp³-hybridized carbons (Fsp3) is 0.364. The highest BCUT2D eigenvalue weighted by molar-refractivity contribution is 7.93. The molecule has 10 heteroatoms. The van der Waals surface area contributed by atoms with Crippen molar-refractivity contribution in [1.82, 2.24) is 14.3 Å². The summed E-state index contributed by atoms with van der Waals surface area (Å²) in [6, 6.07) is 1.22. The number of benzene rings is 1. The normalized spacial score (nSPS) is 18.9. The van der Waals surface area contributed by atoms with Gasteiger partial charge in [0.15, 0.2) is 0 Å². The minimum atomic E-state index is -4.34. The van der Waals surface area contributed by atoms with Crippen molar-refractivity contribution in [3.8, 4) is 0 Å². The summed E-state index contributed by atoms with van der Waals surface area (Å²) in [7, 11) is -4.34. The number of piperidine rings is 1. The first kappa shape index (κ1) is 24.2. The number of anilines is 1. The fourth-order valence-corrected chi connectivity index (χ4v) is 5.59. The summed E-state index contributed by atoms with van der Waals surface area (Å²) in [5.41, 5.74) is 1.01. The van der Waals surface area contributed by atoms with Crippen LogP contribution in [0.15, 0.2) is 59.8 Å². The molecule has 1 aliphatic heterocycles. The monoisotopic (exact) mass is 480 g/mol. The van der Waals surface area contributed by atoms with E-state index >= 15 is 4.39 Å². The summed E-state index contributed by atoms with van der Waals surface area (Å²) in [5.74, 6) is -1.80. The topological polar surface area (TPSA) is 75.2 Å². The van der Waals surface area contributed by atoms with E-state index in [0.717, 1.165) is 48.5 Å². The van der Waals surface area contributed by atoms with Crippen molar-refractivity contribution in [2.75, 3.05) is 11.3 Å². The fourth-order valence-electron chi connectivity index (χ4n) is 3.85. The molecule has 1 fully saturated rings. The molecule has 0 amide bonds. The van der Waals surface area contributed by atoms with Gasteiger partial charge in [-0.25, -0.2) is 22.2 Å². The molecule has 0 spiro atoms. The Morgan fingerprint density at radius 3 is 2.78 bits per heavy atom. The van der Waals surface area contributed by atoms with Crippen LogP contribution in [0.4, 0.5) is 13.9 Å². The molecule has 32 heavy (non-hydrogen) atoms. The van der Waals surface area contributed by atoms with E-state index in [1.54, 1.807) is 6.92 Å². The Labute approximate surface area is 191 Å². The summed E-state index contributed by atoms with van der Waals surface area (Å²) in [4.78, 5) is 5.04. The number of hydrogen-bond acceptors (Lipinski definition) is 6. The zero-order valence-electron chi connectivity index (χ0n) is 18.0. The van der Waals surface area contributed by atoms with Crippen LogP contribution in [-0.2, 0) is 10.0 Å². The predicted octanol–water partition coefficient (Wildman–Crippen LogP) is 5.22. The molecule has 1 aliphatic rings. The average molecular weight is 481 g/mol. The molecule has 0 radical (unpaired) electrons. The van der Waals surface area contributed by atoms with E-state index < -0.39 is 32.6 Å². The van der Waals surface area contributed by atoms with E-state index in [2.05, 4.69) is 25.6 Å². The molecule has 1 aromatic heterocycles. The molecule has 0 bridgehead atoms. The molecule has 6 nitrogen and oxygen atoms in total. The maximum Gasteiger partial charge on any atom is 0.266 e. The molecule has 2 aromatic rings. The van der Waals surface area contributed by atoms with Gasteiger partial charge in [-0.05, 0) is 50.9 Å². The Bertz CT molecular complexity index is 1120. The third-order valence-corrected chi connectivity index (χ3v) is 7.52. The van der Waals surface area contributed by atoms with Crippen LogP contribution in [-0.4, -0.2) is 35.3 Å². The second kappa shape index (κ2) is 10.5. The lowest BCUT2D eigenvalue weighted by Gasteiger charge is -2.40. The maximum atomic E-state index is 15.1. The number of rotatable bonds is 8. The molecule has 2 atom stereocenters. The molecule has 0 aliphatic carbocycles. The van der Waals surface area contributed by atoms with Gasteiger partial charge in [0.05, 0.1) is 0 Å². The van der Waals surface area contributed by atoms with Gasteiger partial charge < -0.3 is 0 Å². The highest BCUT2D eigenvalue weighted by Crippen LogP contribution is 2.34. The smallest absolute Gasteiger partial charge is 0.266 e. The van der Waals surface area contributed by atoms with Crippen molar-refractivity contribution in [1.29, 1.82) is 0 Å². The maximum absolute atomic E-state index is 15.1. The first-order chi connectivity index (χ1) is 15.2. The number of nitrogens with one attached hydrogen (secondary N) is 1. The highest BCUT2D eigenvalue weighted by Gasteiger charge is 2.31. The third-order valence-electron chi connectivity index (χ3n) is 5.46. The van der Waals surface area contributed by atoms with Crippen LogP contribution in [0.1, 0.15) is 44.7 Å². The Morgan fingerprint density at radius 2 is 2.09 bits per heavy atom. The van der Waals surface area contributed by atoms with Crippen molar-refractivity contribution < 1.29 is 17.2 Å². The van der Waals surface area contributed by atoms with Crippen LogP contribution in [0.25, 0.3) is 0 Å². The Kier molecular flexibility index (Phi) is 7.91. The summed E-state index contributed by atoms with van der Waals surface area (Å²) in [6.45, 7) is 8.60. The van der Waals surface area contributed by atoms with E-state index in [1.807, 2.05) is 31.2 Å². The third kappa shape index (κ3) is 5.48. The SMILES string of the molecule is C=C(/C=C\C=C/C)[C@H]1CCCCN1[C@@H](C)c1cc(F)c(S(=O)(=O)Nc2ncns2)cc1F. The lowest BCUT2D eigenvalue weighted by Crippen LogP contribution is -2.42. The summed E-state index contributed by atoms with van der Waals surface area (Å²) in [5, 5.41) is -0.0251. The van der Waals surface area contributed by atoms with Crippen molar-refractivity contribution in [3.05, 3.63) is 72.1 Å². The van der Waals surface area contributed by atoms with Gasteiger partial charge in [-0.1, -0.05) is 37.3 Å². The van der Waals surface area contributed by atoms with Gasteiger partial charge in [-0.15, -0.1) is 0 Å². The minimum Gasteiger partial charge on any atom is -0.290 e. The summed E-state index contributed by atoms with van der Waals surface area (Å²) < 4.78 is 60.8. The number of hydrogen-bond donors (Lipinski definition) is 1. The largest absolute Gasteiger partial charge is 0.290 e. The first-order valence-corrected chi connectivity index (χ1v) is 12.5. The van der Waals surface area contributed by atoms with Gasteiger partial charge in [0.25, 0.3) is 10.0 Å². The minimum absolute atomic E-state index is 0.00908. The van der Waals surface area contributed by atoms with Crippen LogP contribution in [0.2, 0.25) is 0 Å². The number of halogens is 2. The number of aromatic nitrogens is 2. The van der Waals surface area contributed by atoms with E-state index in [0.29, 0.717) is 6.54 Å². The van der Waals surface area contributed by atoms with Gasteiger partial charge in [0, 0.05) is 29.2 Å². The first-order valence-electron chi connectivity index (χ1n) is 10.3. The van der Waals surface area contributed by atoms with Crippen LogP contribution in [0.3, 0.4) is 0 Å². The van der Waals surface area contributed by atoms with Crippen molar-refractivity contribution in [3.63, 3.8) is 0 Å². The zero-order chi connectivity index (χ0) is 23.3. The van der Waals surface area contributed by atoms with Crippen LogP contribution in [0.5, 0.6) is 0 Å². The van der Waals surface area contributed by atoms with Crippen LogP contribution >= 0.6 is 11.5 Å². The van der Waals surface area contributed by atoms with Crippen molar-refractivity contribution >= 4 is 26.7 Å². The van der Waals surface area contributed by atoms with Crippen molar-refractivity contribution in [2.45, 2.75) is 50.1 Å². The van der Waals surface area contributed by atoms with Gasteiger partial charge in [-0.2, -0.15) is 4.37 Å². The average Bonchev–Trinajstić information content (AvgIpc) is 3.27. The van der Waals surface area contributed by atoms with Crippen molar-refractivity contribution in [2.24, 2.45) is 0 Å². The van der Waals surface area contributed by atoms with Crippen LogP contribution < -0.4 is 4.72 Å².